The maximum absolute atomic E-state index is 11.0. The van der Waals surface area contributed by atoms with Crippen LogP contribution in [0.25, 0.3) is 0 Å². The minimum atomic E-state index is -3.18. The third-order valence-corrected chi connectivity index (χ3v) is 3.67. The summed E-state index contributed by atoms with van der Waals surface area (Å²) in [6.45, 7) is 4.49. The van der Waals surface area contributed by atoms with E-state index in [0.717, 1.165) is 25.9 Å². The van der Waals surface area contributed by atoms with Crippen LogP contribution < -0.4 is 0 Å². The molecule has 1 atom stereocenters. The zero-order valence-electron chi connectivity index (χ0n) is 8.90. The molecular formula is C9H19NO3S. The Morgan fingerprint density at radius 3 is 2.71 bits per heavy atom. The topological polar surface area (TPSA) is 46.6 Å². The largest absolute Gasteiger partial charge is 0.306 e. The van der Waals surface area contributed by atoms with Crippen LogP contribution in [0.5, 0.6) is 0 Å². The lowest BCUT2D eigenvalue weighted by molar-refractivity contribution is 0.179. The van der Waals surface area contributed by atoms with Crippen LogP contribution in [-0.4, -0.2) is 45.8 Å². The molecule has 0 N–H and O–H groups in total. The molecule has 1 saturated heterocycles. The van der Waals surface area contributed by atoms with Gasteiger partial charge in [0.1, 0.15) is 0 Å². The number of hydrogen-bond donors (Lipinski definition) is 0. The van der Waals surface area contributed by atoms with Crippen molar-refractivity contribution in [2.75, 3.05) is 32.5 Å². The predicted molar refractivity (Wildman–Crippen MR) is 55.6 cm³/mol. The molecule has 0 aliphatic carbocycles. The van der Waals surface area contributed by atoms with Crippen molar-refractivity contribution in [3.05, 3.63) is 0 Å². The average Bonchev–Trinajstić information content (AvgIpc) is 2.09. The third kappa shape index (κ3) is 3.94. The van der Waals surface area contributed by atoms with Gasteiger partial charge in [0, 0.05) is 6.54 Å². The molecule has 0 saturated carbocycles. The molecule has 84 valence electrons. The standard InChI is InChI=1S/C9H19NO3S/c1-3-5-10(2)7-9-4-6-14(11,12)13-8-9/h9H,3-8H2,1-2H3. The number of rotatable bonds is 4. The van der Waals surface area contributed by atoms with E-state index in [-0.39, 0.29) is 5.75 Å². The molecule has 0 aromatic carbocycles. The summed E-state index contributed by atoms with van der Waals surface area (Å²) in [5, 5.41) is 0. The molecule has 0 radical (unpaired) electrons. The van der Waals surface area contributed by atoms with Gasteiger partial charge in [0.05, 0.1) is 12.4 Å². The summed E-state index contributed by atoms with van der Waals surface area (Å²) >= 11 is 0. The second-order valence-corrected chi connectivity index (χ2v) is 5.72. The lowest BCUT2D eigenvalue weighted by Crippen LogP contribution is -2.34. The minimum absolute atomic E-state index is 0.178. The first-order valence-electron chi connectivity index (χ1n) is 5.09. The van der Waals surface area contributed by atoms with Crippen molar-refractivity contribution in [2.24, 2.45) is 5.92 Å². The SMILES string of the molecule is CCCN(C)CC1CCS(=O)(=O)OC1. The molecule has 1 rings (SSSR count). The first-order valence-corrected chi connectivity index (χ1v) is 6.67. The summed E-state index contributed by atoms with van der Waals surface area (Å²) in [6.07, 6.45) is 1.86. The second kappa shape index (κ2) is 5.09. The van der Waals surface area contributed by atoms with Gasteiger partial charge in [-0.1, -0.05) is 6.92 Å². The fourth-order valence-electron chi connectivity index (χ4n) is 1.71. The monoisotopic (exact) mass is 221 g/mol. The van der Waals surface area contributed by atoms with Gasteiger partial charge in [0.2, 0.25) is 0 Å². The highest BCUT2D eigenvalue weighted by Crippen LogP contribution is 2.16. The lowest BCUT2D eigenvalue weighted by Gasteiger charge is -2.26. The molecular weight excluding hydrogens is 202 g/mol. The molecule has 0 amide bonds. The van der Waals surface area contributed by atoms with E-state index in [1.807, 2.05) is 0 Å². The van der Waals surface area contributed by atoms with Crippen molar-refractivity contribution < 1.29 is 12.6 Å². The van der Waals surface area contributed by atoms with Crippen molar-refractivity contribution in [2.45, 2.75) is 19.8 Å². The molecule has 1 unspecified atom stereocenters. The van der Waals surface area contributed by atoms with Gasteiger partial charge in [0.15, 0.2) is 0 Å². The van der Waals surface area contributed by atoms with Crippen molar-refractivity contribution in [1.82, 2.24) is 4.90 Å². The van der Waals surface area contributed by atoms with Crippen LogP contribution >= 0.6 is 0 Å². The fraction of sp³-hybridized carbons (Fsp3) is 1.00. The molecule has 1 fully saturated rings. The van der Waals surface area contributed by atoms with Gasteiger partial charge in [-0.2, -0.15) is 8.42 Å². The summed E-state index contributed by atoms with van der Waals surface area (Å²) in [5.41, 5.74) is 0. The maximum Gasteiger partial charge on any atom is 0.267 e. The van der Waals surface area contributed by atoms with Crippen molar-refractivity contribution >= 4 is 10.1 Å². The van der Waals surface area contributed by atoms with Gasteiger partial charge in [-0.3, -0.25) is 4.18 Å². The van der Waals surface area contributed by atoms with E-state index in [0.29, 0.717) is 12.5 Å². The Bertz CT molecular complexity index is 249. The quantitative estimate of drug-likeness (QED) is 0.655. The van der Waals surface area contributed by atoms with Gasteiger partial charge in [-0.05, 0) is 32.4 Å². The molecule has 14 heavy (non-hydrogen) atoms. The Morgan fingerprint density at radius 2 is 2.21 bits per heavy atom. The van der Waals surface area contributed by atoms with Gasteiger partial charge >= 0.3 is 0 Å². The van der Waals surface area contributed by atoms with Crippen molar-refractivity contribution in [3.63, 3.8) is 0 Å². The van der Waals surface area contributed by atoms with E-state index in [1.165, 1.54) is 0 Å². The van der Waals surface area contributed by atoms with Gasteiger partial charge in [0.25, 0.3) is 10.1 Å². The minimum Gasteiger partial charge on any atom is -0.306 e. The Morgan fingerprint density at radius 1 is 1.50 bits per heavy atom. The Labute approximate surface area is 86.4 Å². The summed E-state index contributed by atoms with van der Waals surface area (Å²) in [7, 11) is -1.12. The first-order chi connectivity index (χ1) is 6.53. The Kier molecular flexibility index (Phi) is 4.34. The summed E-state index contributed by atoms with van der Waals surface area (Å²) in [4.78, 5) is 2.23. The fourth-order valence-corrected chi connectivity index (χ4v) is 2.85. The summed E-state index contributed by atoms with van der Waals surface area (Å²) in [5.74, 6) is 0.549. The van der Waals surface area contributed by atoms with Crippen LogP contribution in [-0.2, 0) is 14.3 Å². The predicted octanol–water partition coefficient (Wildman–Crippen LogP) is 0.695. The van der Waals surface area contributed by atoms with Crippen LogP contribution in [0, 0.1) is 5.92 Å². The maximum atomic E-state index is 11.0. The first kappa shape index (κ1) is 11.9. The van der Waals surface area contributed by atoms with E-state index in [2.05, 4.69) is 18.9 Å². The smallest absolute Gasteiger partial charge is 0.267 e. The molecule has 1 heterocycles. The van der Waals surface area contributed by atoms with Crippen LogP contribution in [0.3, 0.4) is 0 Å². The van der Waals surface area contributed by atoms with Crippen molar-refractivity contribution in [3.8, 4) is 0 Å². The van der Waals surface area contributed by atoms with E-state index >= 15 is 0 Å². The highest BCUT2D eigenvalue weighted by molar-refractivity contribution is 7.86. The Balaban J connectivity index is 2.29. The van der Waals surface area contributed by atoms with E-state index in [1.54, 1.807) is 0 Å². The molecule has 0 aromatic rings. The van der Waals surface area contributed by atoms with Crippen LogP contribution in [0.2, 0.25) is 0 Å². The van der Waals surface area contributed by atoms with Crippen LogP contribution in [0.4, 0.5) is 0 Å². The number of nitrogens with zero attached hydrogens (tertiary/aromatic N) is 1. The highest BCUT2D eigenvalue weighted by atomic mass is 32.2. The van der Waals surface area contributed by atoms with Crippen LogP contribution in [0.15, 0.2) is 0 Å². The second-order valence-electron chi connectivity index (χ2n) is 3.96. The summed E-state index contributed by atoms with van der Waals surface area (Å²) in [6, 6.07) is 0. The van der Waals surface area contributed by atoms with E-state index in [4.69, 9.17) is 4.18 Å². The van der Waals surface area contributed by atoms with Gasteiger partial charge in [-0.25, -0.2) is 0 Å². The third-order valence-electron chi connectivity index (χ3n) is 2.43. The molecule has 0 aromatic heterocycles. The normalized spacial score (nSPS) is 26.6. The van der Waals surface area contributed by atoms with Gasteiger partial charge < -0.3 is 4.90 Å². The van der Waals surface area contributed by atoms with E-state index < -0.39 is 10.1 Å². The zero-order chi connectivity index (χ0) is 10.6. The van der Waals surface area contributed by atoms with E-state index in [9.17, 15) is 8.42 Å². The molecule has 4 nitrogen and oxygen atoms in total. The molecule has 0 bridgehead atoms. The van der Waals surface area contributed by atoms with Crippen molar-refractivity contribution in [1.29, 1.82) is 0 Å². The summed E-state index contributed by atoms with van der Waals surface area (Å²) < 4.78 is 26.7. The molecule has 1 aliphatic heterocycles. The number of hydrogen-bond acceptors (Lipinski definition) is 4. The molecule has 5 heteroatoms. The highest BCUT2D eigenvalue weighted by Gasteiger charge is 2.24. The zero-order valence-corrected chi connectivity index (χ0v) is 9.72. The molecule has 1 aliphatic rings. The van der Waals surface area contributed by atoms with Crippen LogP contribution in [0.1, 0.15) is 19.8 Å². The molecule has 0 spiro atoms. The lowest BCUT2D eigenvalue weighted by atomic mass is 10.1. The average molecular weight is 221 g/mol. The van der Waals surface area contributed by atoms with Gasteiger partial charge in [-0.15, -0.1) is 0 Å². The Hall–Kier alpha value is -0.130.